The van der Waals surface area contributed by atoms with Gasteiger partial charge in [0.1, 0.15) is 11.5 Å². The summed E-state index contributed by atoms with van der Waals surface area (Å²) in [6.45, 7) is 9.18. The summed E-state index contributed by atoms with van der Waals surface area (Å²) < 4.78 is 6.70. The van der Waals surface area contributed by atoms with Crippen LogP contribution in [0.5, 0.6) is 0 Å². The number of amides is 1. The molecular formula is C20H25N3O2S. The molecule has 3 rings (SSSR count). The van der Waals surface area contributed by atoms with Crippen LogP contribution in [0, 0.1) is 27.7 Å². The third kappa shape index (κ3) is 3.66. The van der Waals surface area contributed by atoms with E-state index in [2.05, 4.69) is 30.9 Å². The van der Waals surface area contributed by atoms with Crippen molar-refractivity contribution in [1.29, 1.82) is 0 Å². The van der Waals surface area contributed by atoms with Crippen molar-refractivity contribution in [2.75, 3.05) is 32.1 Å². The molecule has 0 saturated carbocycles. The minimum atomic E-state index is -0.0605. The van der Waals surface area contributed by atoms with Gasteiger partial charge in [-0.2, -0.15) is 0 Å². The maximum atomic E-state index is 13.2. The SMILES string of the molecule is Cc1cc(C)c2sc(N(CCN(C)C)C(=O)c3cc(C)oc3C)nc2c1. The van der Waals surface area contributed by atoms with Crippen molar-refractivity contribution >= 4 is 32.6 Å². The van der Waals surface area contributed by atoms with Crippen molar-refractivity contribution in [2.24, 2.45) is 0 Å². The number of fused-ring (bicyclic) bond motifs is 1. The fraction of sp³-hybridized carbons (Fsp3) is 0.400. The molecule has 6 heteroatoms. The van der Waals surface area contributed by atoms with E-state index in [4.69, 9.17) is 9.40 Å². The highest BCUT2D eigenvalue weighted by Gasteiger charge is 2.25. The average Bonchev–Trinajstić information content (AvgIpc) is 3.10. The van der Waals surface area contributed by atoms with Crippen molar-refractivity contribution in [3.8, 4) is 0 Å². The molecule has 5 nitrogen and oxygen atoms in total. The van der Waals surface area contributed by atoms with E-state index in [1.54, 1.807) is 16.2 Å². The van der Waals surface area contributed by atoms with Crippen LogP contribution in [-0.4, -0.2) is 43.0 Å². The molecule has 3 aromatic rings. The maximum Gasteiger partial charge on any atom is 0.263 e. The number of furan rings is 1. The van der Waals surface area contributed by atoms with Gasteiger partial charge in [0.15, 0.2) is 5.13 Å². The topological polar surface area (TPSA) is 49.6 Å². The van der Waals surface area contributed by atoms with Crippen LogP contribution in [0.15, 0.2) is 22.6 Å². The summed E-state index contributed by atoms with van der Waals surface area (Å²) in [6, 6.07) is 6.03. The first-order chi connectivity index (χ1) is 12.3. The van der Waals surface area contributed by atoms with E-state index in [0.29, 0.717) is 17.9 Å². The number of aryl methyl sites for hydroxylation is 4. The van der Waals surface area contributed by atoms with Gasteiger partial charge in [0.05, 0.1) is 15.8 Å². The predicted molar refractivity (Wildman–Crippen MR) is 108 cm³/mol. The largest absolute Gasteiger partial charge is 0.466 e. The van der Waals surface area contributed by atoms with E-state index in [1.165, 1.54) is 11.1 Å². The molecule has 0 aliphatic heterocycles. The zero-order valence-electron chi connectivity index (χ0n) is 16.2. The van der Waals surface area contributed by atoms with Gasteiger partial charge in [-0.05, 0) is 65.0 Å². The number of carbonyl (C=O) groups is 1. The highest BCUT2D eigenvalue weighted by atomic mass is 32.1. The summed E-state index contributed by atoms with van der Waals surface area (Å²) in [5.41, 5.74) is 3.93. The van der Waals surface area contributed by atoms with Gasteiger partial charge < -0.3 is 9.32 Å². The number of aromatic nitrogens is 1. The molecule has 1 amide bonds. The van der Waals surface area contributed by atoms with E-state index >= 15 is 0 Å². The molecule has 0 aliphatic rings. The van der Waals surface area contributed by atoms with E-state index in [-0.39, 0.29) is 5.91 Å². The zero-order chi connectivity index (χ0) is 19.0. The second-order valence-corrected chi connectivity index (χ2v) is 7.99. The summed E-state index contributed by atoms with van der Waals surface area (Å²) in [5, 5.41) is 0.735. The Morgan fingerprint density at radius 2 is 1.85 bits per heavy atom. The van der Waals surface area contributed by atoms with Crippen LogP contribution in [0.3, 0.4) is 0 Å². The number of carbonyl (C=O) groups excluding carboxylic acids is 1. The maximum absolute atomic E-state index is 13.2. The normalized spacial score (nSPS) is 11.5. The minimum absolute atomic E-state index is 0.0605. The number of hydrogen-bond acceptors (Lipinski definition) is 5. The third-order valence-electron chi connectivity index (χ3n) is 4.33. The van der Waals surface area contributed by atoms with Crippen LogP contribution in [0.25, 0.3) is 10.2 Å². The van der Waals surface area contributed by atoms with E-state index in [1.807, 2.05) is 34.0 Å². The lowest BCUT2D eigenvalue weighted by molar-refractivity contribution is 0.0983. The Labute approximate surface area is 158 Å². The molecule has 0 saturated heterocycles. The molecular weight excluding hydrogens is 346 g/mol. The van der Waals surface area contributed by atoms with Gasteiger partial charge in [-0.1, -0.05) is 17.4 Å². The standard InChI is InChI=1S/C20H25N3O2S/c1-12-9-13(2)18-17(10-12)21-20(26-18)23(8-7-22(5)6)19(24)16-11-14(3)25-15(16)4/h9-11H,7-8H2,1-6H3. The predicted octanol–water partition coefficient (Wildman–Crippen LogP) is 4.33. The molecule has 2 heterocycles. The summed E-state index contributed by atoms with van der Waals surface area (Å²) >= 11 is 1.57. The monoisotopic (exact) mass is 371 g/mol. The fourth-order valence-electron chi connectivity index (χ4n) is 3.05. The minimum Gasteiger partial charge on any atom is -0.466 e. The molecule has 2 aromatic heterocycles. The average molecular weight is 372 g/mol. The Morgan fingerprint density at radius 3 is 2.46 bits per heavy atom. The van der Waals surface area contributed by atoms with Gasteiger partial charge in [0.25, 0.3) is 5.91 Å². The Kier molecular flexibility index (Phi) is 5.16. The lowest BCUT2D eigenvalue weighted by Crippen LogP contribution is -2.36. The Bertz CT molecular complexity index is 956. The number of benzene rings is 1. The van der Waals surface area contributed by atoms with Crippen LogP contribution >= 0.6 is 11.3 Å². The smallest absolute Gasteiger partial charge is 0.263 e. The number of thiazole rings is 1. The van der Waals surface area contributed by atoms with Gasteiger partial charge in [0, 0.05) is 13.1 Å². The molecule has 26 heavy (non-hydrogen) atoms. The number of nitrogens with zero attached hydrogens (tertiary/aromatic N) is 3. The lowest BCUT2D eigenvalue weighted by Gasteiger charge is -2.21. The highest BCUT2D eigenvalue weighted by molar-refractivity contribution is 7.22. The van der Waals surface area contributed by atoms with Gasteiger partial charge in [-0.3, -0.25) is 9.69 Å². The van der Waals surface area contributed by atoms with Crippen molar-refractivity contribution in [3.05, 3.63) is 46.4 Å². The molecule has 0 N–H and O–H groups in total. The van der Waals surface area contributed by atoms with Crippen molar-refractivity contribution < 1.29 is 9.21 Å². The number of likely N-dealkylation sites (N-methyl/N-ethyl adjacent to an activating group) is 1. The Hall–Kier alpha value is -2.18. The first-order valence-electron chi connectivity index (χ1n) is 8.67. The van der Waals surface area contributed by atoms with E-state index < -0.39 is 0 Å². The first-order valence-corrected chi connectivity index (χ1v) is 9.49. The van der Waals surface area contributed by atoms with Crippen molar-refractivity contribution in [3.63, 3.8) is 0 Å². The molecule has 1 aromatic carbocycles. The van der Waals surface area contributed by atoms with Crippen LogP contribution in [0.1, 0.15) is 33.0 Å². The van der Waals surface area contributed by atoms with E-state index in [9.17, 15) is 4.79 Å². The molecule has 0 aliphatic carbocycles. The van der Waals surface area contributed by atoms with Crippen molar-refractivity contribution in [1.82, 2.24) is 9.88 Å². The Morgan fingerprint density at radius 1 is 1.12 bits per heavy atom. The first kappa shape index (κ1) is 18.6. The molecule has 138 valence electrons. The molecule has 0 unspecified atom stereocenters. The summed E-state index contributed by atoms with van der Waals surface area (Å²) in [5.74, 6) is 1.33. The van der Waals surface area contributed by atoms with Crippen LogP contribution in [-0.2, 0) is 0 Å². The van der Waals surface area contributed by atoms with E-state index in [0.717, 1.165) is 27.7 Å². The lowest BCUT2D eigenvalue weighted by atomic mass is 10.1. The highest BCUT2D eigenvalue weighted by Crippen LogP contribution is 2.33. The molecule has 0 spiro atoms. The second-order valence-electron chi connectivity index (χ2n) is 7.01. The van der Waals surface area contributed by atoms with Gasteiger partial charge in [-0.25, -0.2) is 4.98 Å². The summed E-state index contributed by atoms with van der Waals surface area (Å²) in [7, 11) is 4.00. The molecule has 0 bridgehead atoms. The molecule has 0 atom stereocenters. The zero-order valence-corrected chi connectivity index (χ0v) is 17.0. The summed E-state index contributed by atoms with van der Waals surface area (Å²) in [4.78, 5) is 21.8. The van der Waals surface area contributed by atoms with Crippen LogP contribution in [0.4, 0.5) is 5.13 Å². The second kappa shape index (κ2) is 7.21. The number of rotatable bonds is 5. The summed E-state index contributed by atoms with van der Waals surface area (Å²) in [6.07, 6.45) is 0. The van der Waals surface area contributed by atoms with Gasteiger partial charge >= 0.3 is 0 Å². The van der Waals surface area contributed by atoms with Gasteiger partial charge in [0.2, 0.25) is 0 Å². The molecule has 0 fully saturated rings. The number of hydrogen-bond donors (Lipinski definition) is 0. The van der Waals surface area contributed by atoms with Gasteiger partial charge in [-0.15, -0.1) is 0 Å². The fourth-order valence-corrected chi connectivity index (χ4v) is 4.09. The quantitative estimate of drug-likeness (QED) is 0.670. The van der Waals surface area contributed by atoms with Crippen LogP contribution < -0.4 is 4.90 Å². The Balaban J connectivity index is 2.04. The van der Waals surface area contributed by atoms with Crippen LogP contribution in [0.2, 0.25) is 0 Å². The molecule has 0 radical (unpaired) electrons. The third-order valence-corrected chi connectivity index (χ3v) is 5.56. The van der Waals surface area contributed by atoms with Crippen molar-refractivity contribution in [2.45, 2.75) is 27.7 Å². The number of anilines is 1.